The molecule has 35 heavy (non-hydrogen) atoms. The molecule has 2 heterocycles. The van der Waals surface area contributed by atoms with Gasteiger partial charge in [0, 0.05) is 31.9 Å². The first-order valence-electron chi connectivity index (χ1n) is 11.2. The number of amides is 1. The number of nitrogens with zero attached hydrogens (tertiary/aromatic N) is 3. The summed E-state index contributed by atoms with van der Waals surface area (Å²) in [6.07, 6.45) is -4.43. The molecular formula is C24H24F4N4O3. The van der Waals surface area contributed by atoms with Gasteiger partial charge in [0.05, 0.1) is 12.2 Å². The third-order valence-electron chi connectivity index (χ3n) is 5.96. The highest BCUT2D eigenvalue weighted by atomic mass is 19.4. The summed E-state index contributed by atoms with van der Waals surface area (Å²) in [6, 6.07) is 9.64. The van der Waals surface area contributed by atoms with Crippen molar-refractivity contribution >= 4 is 23.5 Å². The Morgan fingerprint density at radius 3 is 2.37 bits per heavy atom. The summed E-state index contributed by atoms with van der Waals surface area (Å²) < 4.78 is 57.7. The lowest BCUT2D eigenvalue weighted by Gasteiger charge is -2.39. The first-order chi connectivity index (χ1) is 16.7. The van der Waals surface area contributed by atoms with Crippen LogP contribution in [0.2, 0.25) is 0 Å². The summed E-state index contributed by atoms with van der Waals surface area (Å²) in [5.41, 5.74) is 0.230. The fraction of sp³-hybridized carbons (Fsp3) is 0.375. The van der Waals surface area contributed by atoms with Gasteiger partial charge in [-0.05, 0) is 42.8 Å². The number of benzene rings is 2. The summed E-state index contributed by atoms with van der Waals surface area (Å²) >= 11 is 0. The maximum atomic E-state index is 13.5. The third-order valence-corrected chi connectivity index (χ3v) is 5.96. The lowest BCUT2D eigenvalue weighted by molar-refractivity contribution is -0.153. The van der Waals surface area contributed by atoms with E-state index in [1.165, 1.54) is 30.3 Å². The minimum Gasteiger partial charge on any atom is -0.465 e. The average Bonchev–Trinajstić information content (AvgIpc) is 2.84. The smallest absolute Gasteiger partial charge is 0.416 e. The molecule has 2 aromatic rings. The van der Waals surface area contributed by atoms with Gasteiger partial charge in [0.15, 0.2) is 5.92 Å². The fourth-order valence-electron chi connectivity index (χ4n) is 4.18. The minimum absolute atomic E-state index is 0.0901. The van der Waals surface area contributed by atoms with Crippen LogP contribution in [0.4, 0.5) is 23.2 Å². The van der Waals surface area contributed by atoms with E-state index >= 15 is 0 Å². The van der Waals surface area contributed by atoms with Crippen molar-refractivity contribution < 1.29 is 31.9 Å². The van der Waals surface area contributed by atoms with Crippen molar-refractivity contribution in [1.29, 1.82) is 0 Å². The summed E-state index contributed by atoms with van der Waals surface area (Å²) in [4.78, 5) is 33.7. The first kappa shape index (κ1) is 24.5. The molecule has 11 heteroatoms. The number of aliphatic imine (C=N–C) groups is 1. The van der Waals surface area contributed by atoms with Crippen LogP contribution in [0.1, 0.15) is 24.1 Å². The average molecular weight is 492 g/mol. The number of hydrogen-bond acceptors (Lipinski definition) is 6. The van der Waals surface area contributed by atoms with Gasteiger partial charge < -0.3 is 14.5 Å². The zero-order valence-electron chi connectivity index (χ0n) is 18.9. The molecule has 7 nitrogen and oxygen atoms in total. The summed E-state index contributed by atoms with van der Waals surface area (Å²) in [5.74, 6) is -2.74. The van der Waals surface area contributed by atoms with E-state index in [2.05, 4.69) is 10.3 Å². The zero-order chi connectivity index (χ0) is 25.2. The van der Waals surface area contributed by atoms with E-state index < -0.39 is 41.4 Å². The van der Waals surface area contributed by atoms with Crippen LogP contribution in [0.3, 0.4) is 0 Å². The van der Waals surface area contributed by atoms with Crippen LogP contribution in [0.15, 0.2) is 53.5 Å². The lowest BCUT2D eigenvalue weighted by Crippen LogP contribution is -2.57. The molecule has 2 aliphatic rings. The van der Waals surface area contributed by atoms with Crippen molar-refractivity contribution in [2.75, 3.05) is 37.7 Å². The summed E-state index contributed by atoms with van der Waals surface area (Å²) in [6.45, 7) is 3.29. The van der Waals surface area contributed by atoms with Crippen molar-refractivity contribution in [3.8, 4) is 0 Å². The van der Waals surface area contributed by atoms with Gasteiger partial charge in [-0.1, -0.05) is 18.2 Å². The molecule has 4 rings (SSSR count). The highest BCUT2D eigenvalue weighted by molar-refractivity contribution is 6.08. The number of halogens is 4. The molecule has 1 N–H and O–H groups in total. The molecule has 0 spiro atoms. The van der Waals surface area contributed by atoms with Crippen molar-refractivity contribution in [2.45, 2.75) is 19.1 Å². The number of anilines is 1. The monoisotopic (exact) mass is 492 g/mol. The second-order valence-corrected chi connectivity index (χ2v) is 8.19. The number of ether oxygens (including phenoxy) is 1. The van der Waals surface area contributed by atoms with Crippen LogP contribution >= 0.6 is 0 Å². The molecule has 0 radical (unpaired) electrons. The first-order valence-corrected chi connectivity index (χ1v) is 11.2. The number of piperazine rings is 1. The molecule has 1 fully saturated rings. The van der Waals surface area contributed by atoms with E-state index in [9.17, 15) is 27.2 Å². The maximum absolute atomic E-state index is 13.5. The van der Waals surface area contributed by atoms with E-state index in [4.69, 9.17) is 4.74 Å². The largest absolute Gasteiger partial charge is 0.465 e. The molecule has 0 saturated carbocycles. The number of hydrogen-bond donors (Lipinski definition) is 1. The van der Waals surface area contributed by atoms with Gasteiger partial charge in [0.1, 0.15) is 11.9 Å². The summed E-state index contributed by atoms with van der Waals surface area (Å²) in [7, 11) is 0. The Hall–Kier alpha value is -3.63. The van der Waals surface area contributed by atoms with E-state index in [0.29, 0.717) is 37.4 Å². The van der Waals surface area contributed by atoms with Gasteiger partial charge in [-0.3, -0.25) is 14.9 Å². The quantitative estimate of drug-likeness (QED) is 0.403. The van der Waals surface area contributed by atoms with Crippen molar-refractivity contribution in [2.24, 2.45) is 10.9 Å². The highest BCUT2D eigenvalue weighted by Crippen LogP contribution is 2.33. The number of rotatable bonds is 4. The number of alkyl halides is 3. The fourth-order valence-corrected chi connectivity index (χ4v) is 4.18. The highest BCUT2D eigenvalue weighted by Gasteiger charge is 2.42. The Bertz CT molecular complexity index is 1110. The van der Waals surface area contributed by atoms with Crippen molar-refractivity contribution in [3.05, 3.63) is 65.5 Å². The number of esters is 1. The molecule has 0 bridgehead atoms. The van der Waals surface area contributed by atoms with Gasteiger partial charge >= 0.3 is 12.1 Å². The molecule has 2 aromatic carbocycles. The molecule has 1 amide bonds. The molecule has 186 valence electrons. The Balaban J connectivity index is 1.54. The van der Waals surface area contributed by atoms with Crippen LogP contribution in [0.5, 0.6) is 0 Å². The molecule has 2 atom stereocenters. The normalized spacial score (nSPS) is 20.8. The maximum Gasteiger partial charge on any atom is 0.416 e. The number of carbonyl (C=O) groups is 2. The van der Waals surface area contributed by atoms with E-state index in [-0.39, 0.29) is 12.6 Å². The number of carbonyl (C=O) groups excluding carboxylic acids is 2. The van der Waals surface area contributed by atoms with Crippen LogP contribution in [-0.2, 0) is 20.5 Å². The van der Waals surface area contributed by atoms with Crippen molar-refractivity contribution in [1.82, 2.24) is 10.2 Å². The molecular weight excluding hydrogens is 468 g/mol. The van der Waals surface area contributed by atoms with Gasteiger partial charge in [-0.15, -0.1) is 0 Å². The zero-order valence-corrected chi connectivity index (χ0v) is 18.9. The Labute approximate surface area is 199 Å². The van der Waals surface area contributed by atoms with Crippen LogP contribution in [0.25, 0.3) is 0 Å². The van der Waals surface area contributed by atoms with Gasteiger partial charge in [0.25, 0.3) is 0 Å². The van der Waals surface area contributed by atoms with E-state index in [1.54, 1.807) is 17.9 Å². The van der Waals surface area contributed by atoms with Crippen LogP contribution in [-0.4, -0.2) is 55.5 Å². The second-order valence-electron chi connectivity index (χ2n) is 8.19. The third kappa shape index (κ3) is 5.39. The lowest BCUT2D eigenvalue weighted by atomic mass is 9.91. The molecule has 0 unspecified atom stereocenters. The predicted molar refractivity (Wildman–Crippen MR) is 120 cm³/mol. The minimum atomic E-state index is -4.43. The van der Waals surface area contributed by atoms with E-state index in [1.807, 2.05) is 4.90 Å². The molecule has 2 aliphatic heterocycles. The number of guanidine groups is 1. The van der Waals surface area contributed by atoms with Gasteiger partial charge in [0.2, 0.25) is 11.9 Å². The predicted octanol–water partition coefficient (Wildman–Crippen LogP) is 3.37. The van der Waals surface area contributed by atoms with Gasteiger partial charge in [-0.2, -0.15) is 13.2 Å². The van der Waals surface area contributed by atoms with E-state index in [0.717, 1.165) is 12.1 Å². The SMILES string of the molecule is CCOC(=O)[C@@H]1C(=O)NC(N2CCN(c3cccc(C(F)(F)F)c3)CC2)=N[C@@H]1c1ccc(F)cc1. The molecule has 0 aliphatic carbocycles. The standard InChI is InChI=1S/C24H24F4N4O3/c1-2-35-22(34)19-20(15-6-8-17(25)9-7-15)29-23(30-21(19)33)32-12-10-31(11-13-32)18-5-3-4-16(14-18)24(26,27)28/h3-9,14,19-20H,2,10-13H2,1H3,(H,29,30,33)/t19-,20+/m0/s1. The topological polar surface area (TPSA) is 74.2 Å². The van der Waals surface area contributed by atoms with Crippen LogP contribution < -0.4 is 10.2 Å². The molecule has 0 aromatic heterocycles. The Morgan fingerprint density at radius 1 is 1.09 bits per heavy atom. The van der Waals surface area contributed by atoms with Gasteiger partial charge in [-0.25, -0.2) is 9.38 Å². The van der Waals surface area contributed by atoms with Crippen LogP contribution in [0, 0.1) is 11.7 Å². The van der Waals surface area contributed by atoms with Crippen molar-refractivity contribution in [3.63, 3.8) is 0 Å². The number of nitrogens with one attached hydrogen (secondary N) is 1. The second kappa shape index (κ2) is 9.93. The Morgan fingerprint density at radius 2 is 1.74 bits per heavy atom. The summed E-state index contributed by atoms with van der Waals surface area (Å²) in [5, 5.41) is 2.67. The molecule has 1 saturated heterocycles. The Kier molecular flexibility index (Phi) is 6.95.